The Morgan fingerprint density at radius 3 is 2.03 bits per heavy atom. The summed E-state index contributed by atoms with van der Waals surface area (Å²) in [5.74, 6) is 0. The average Bonchev–Trinajstić information content (AvgIpc) is 2.69. The summed E-state index contributed by atoms with van der Waals surface area (Å²) >= 11 is 0. The molecule has 154 valence electrons. The Bertz CT molecular complexity index is 1240. The number of hydrogen-bond donors (Lipinski definition) is 2. The molecule has 3 aromatic carbocycles. The molecular formula is C18H13N4NaO7S. The van der Waals surface area contributed by atoms with Crippen LogP contribution in [0, 0.1) is 20.2 Å². The third kappa shape index (κ3) is 5.77. The second kappa shape index (κ2) is 9.85. The van der Waals surface area contributed by atoms with Crippen LogP contribution in [0.1, 0.15) is 0 Å². The summed E-state index contributed by atoms with van der Waals surface area (Å²) in [6.45, 7) is 0. The zero-order valence-corrected chi connectivity index (χ0v) is 18.8. The molecule has 3 aromatic rings. The van der Waals surface area contributed by atoms with E-state index < -0.39 is 36.2 Å². The summed E-state index contributed by atoms with van der Waals surface area (Å²) in [7, 11) is -4.89. The van der Waals surface area contributed by atoms with E-state index >= 15 is 0 Å². The number of rotatable bonds is 7. The number of anilines is 4. The normalized spacial score (nSPS) is 10.6. The summed E-state index contributed by atoms with van der Waals surface area (Å²) in [5, 5.41) is 27.8. The second-order valence-electron chi connectivity index (χ2n) is 5.96. The molecule has 0 aliphatic heterocycles. The standard InChI is InChI=1S/C18H14N4O7S.Na/c23-21(24)13-9-10-14(16(11-13)22(25)26)20-15-7-4-8-17(30(27,28)29)18(15)19-12-5-2-1-3-6-12;/h1-11,19-20H,(H,27,28,29);/q;+1/p-1. The Morgan fingerprint density at radius 1 is 0.774 bits per heavy atom. The molecule has 0 spiro atoms. The summed E-state index contributed by atoms with van der Waals surface area (Å²) in [4.78, 5) is 20.1. The maximum Gasteiger partial charge on any atom is 1.00 e. The minimum Gasteiger partial charge on any atom is -0.744 e. The van der Waals surface area contributed by atoms with Crippen LogP contribution < -0.4 is 40.2 Å². The van der Waals surface area contributed by atoms with Gasteiger partial charge in [0.15, 0.2) is 0 Å². The van der Waals surface area contributed by atoms with Crippen LogP contribution in [0.2, 0.25) is 0 Å². The smallest absolute Gasteiger partial charge is 0.744 e. The summed E-state index contributed by atoms with van der Waals surface area (Å²) < 4.78 is 35.2. The van der Waals surface area contributed by atoms with Gasteiger partial charge in [-0.25, -0.2) is 8.42 Å². The van der Waals surface area contributed by atoms with E-state index in [-0.39, 0.29) is 46.6 Å². The van der Waals surface area contributed by atoms with Gasteiger partial charge in [-0.05, 0) is 30.3 Å². The van der Waals surface area contributed by atoms with Gasteiger partial charge in [0.1, 0.15) is 15.8 Å². The number of para-hydroxylation sites is 2. The molecule has 0 saturated carbocycles. The number of nitro benzene ring substituents is 2. The molecule has 0 fully saturated rings. The largest absolute Gasteiger partial charge is 1.00 e. The van der Waals surface area contributed by atoms with Crippen LogP contribution in [0.5, 0.6) is 0 Å². The molecule has 13 heteroatoms. The van der Waals surface area contributed by atoms with Gasteiger partial charge in [0, 0.05) is 11.8 Å². The third-order valence-electron chi connectivity index (χ3n) is 4.00. The Kier molecular flexibility index (Phi) is 7.70. The van der Waals surface area contributed by atoms with E-state index in [1.807, 2.05) is 0 Å². The van der Waals surface area contributed by atoms with E-state index in [1.165, 1.54) is 12.1 Å². The van der Waals surface area contributed by atoms with Crippen molar-refractivity contribution in [2.24, 2.45) is 0 Å². The van der Waals surface area contributed by atoms with E-state index in [0.717, 1.165) is 24.3 Å². The number of nitrogens with zero attached hydrogens (tertiary/aromatic N) is 2. The SMILES string of the molecule is O=[N+]([O-])c1ccc(Nc2cccc(S(=O)(=O)[O-])c2Nc2ccccc2)c([N+](=O)[O-])c1.[Na+]. The van der Waals surface area contributed by atoms with Crippen LogP contribution in [0.15, 0.2) is 71.6 Å². The van der Waals surface area contributed by atoms with Crippen LogP contribution in [0.3, 0.4) is 0 Å². The van der Waals surface area contributed by atoms with Gasteiger partial charge in [0.2, 0.25) is 0 Å². The molecule has 31 heavy (non-hydrogen) atoms. The molecule has 0 saturated heterocycles. The van der Waals surface area contributed by atoms with Gasteiger partial charge >= 0.3 is 29.6 Å². The van der Waals surface area contributed by atoms with E-state index in [9.17, 15) is 33.2 Å². The van der Waals surface area contributed by atoms with Crippen LogP contribution in [-0.4, -0.2) is 22.8 Å². The molecule has 0 heterocycles. The average molecular weight is 452 g/mol. The first-order valence-corrected chi connectivity index (χ1v) is 9.68. The van der Waals surface area contributed by atoms with Crippen molar-refractivity contribution in [3.63, 3.8) is 0 Å². The van der Waals surface area contributed by atoms with E-state index in [1.54, 1.807) is 30.3 Å². The number of non-ortho nitro benzene ring substituents is 1. The molecule has 0 aliphatic carbocycles. The molecule has 0 aromatic heterocycles. The molecule has 0 aliphatic rings. The molecule has 0 atom stereocenters. The first-order chi connectivity index (χ1) is 14.2. The first kappa shape index (κ1) is 24.2. The van der Waals surface area contributed by atoms with Crippen molar-refractivity contribution in [1.82, 2.24) is 0 Å². The zero-order chi connectivity index (χ0) is 21.9. The topological polar surface area (TPSA) is 168 Å². The molecular weight excluding hydrogens is 439 g/mol. The second-order valence-corrected chi connectivity index (χ2v) is 7.31. The molecule has 0 bridgehead atoms. The number of hydrogen-bond acceptors (Lipinski definition) is 9. The van der Waals surface area contributed by atoms with Gasteiger partial charge in [-0.3, -0.25) is 20.2 Å². The Morgan fingerprint density at radius 2 is 1.45 bits per heavy atom. The predicted molar refractivity (Wildman–Crippen MR) is 107 cm³/mol. The number of nitrogens with one attached hydrogen (secondary N) is 2. The molecule has 0 unspecified atom stereocenters. The molecule has 0 radical (unpaired) electrons. The van der Waals surface area contributed by atoms with Crippen molar-refractivity contribution in [3.05, 3.63) is 87.0 Å². The quantitative estimate of drug-likeness (QED) is 0.229. The first-order valence-electron chi connectivity index (χ1n) is 8.27. The van der Waals surface area contributed by atoms with Crippen molar-refractivity contribution in [3.8, 4) is 0 Å². The van der Waals surface area contributed by atoms with Crippen molar-refractivity contribution < 1.29 is 52.4 Å². The fraction of sp³-hybridized carbons (Fsp3) is 0. The zero-order valence-electron chi connectivity index (χ0n) is 16.0. The van der Waals surface area contributed by atoms with Crippen molar-refractivity contribution in [2.75, 3.05) is 10.6 Å². The van der Waals surface area contributed by atoms with E-state index in [2.05, 4.69) is 10.6 Å². The van der Waals surface area contributed by atoms with Gasteiger partial charge < -0.3 is 15.2 Å². The minimum absolute atomic E-state index is 0. The van der Waals surface area contributed by atoms with Gasteiger partial charge in [0.25, 0.3) is 11.4 Å². The monoisotopic (exact) mass is 452 g/mol. The van der Waals surface area contributed by atoms with Crippen LogP contribution in [-0.2, 0) is 10.1 Å². The third-order valence-corrected chi connectivity index (χ3v) is 4.88. The molecule has 0 amide bonds. The predicted octanol–water partition coefficient (Wildman–Crippen LogP) is 0.898. The minimum atomic E-state index is -4.89. The van der Waals surface area contributed by atoms with E-state index in [0.29, 0.717) is 5.69 Å². The Labute approximate surface area is 198 Å². The Hall–Kier alpha value is -3.03. The van der Waals surface area contributed by atoms with E-state index in [4.69, 9.17) is 0 Å². The number of nitro groups is 2. The van der Waals surface area contributed by atoms with Gasteiger partial charge in [0.05, 0.1) is 32.2 Å². The van der Waals surface area contributed by atoms with Crippen molar-refractivity contribution in [2.45, 2.75) is 4.90 Å². The number of benzene rings is 3. The summed E-state index contributed by atoms with van der Waals surface area (Å²) in [6, 6.07) is 15.1. The van der Waals surface area contributed by atoms with Crippen molar-refractivity contribution >= 4 is 44.2 Å². The molecule has 2 N–H and O–H groups in total. The summed E-state index contributed by atoms with van der Waals surface area (Å²) in [5.41, 5.74) is -0.799. The fourth-order valence-corrected chi connectivity index (χ4v) is 3.33. The van der Waals surface area contributed by atoms with Crippen LogP contribution >= 0.6 is 0 Å². The van der Waals surface area contributed by atoms with Crippen LogP contribution in [0.4, 0.5) is 34.1 Å². The Balaban J connectivity index is 0.00000341. The molecule has 3 rings (SSSR count). The maximum absolute atomic E-state index is 11.7. The van der Waals surface area contributed by atoms with Gasteiger partial charge in [-0.15, -0.1) is 0 Å². The molecule has 11 nitrogen and oxygen atoms in total. The maximum atomic E-state index is 11.7. The van der Waals surface area contributed by atoms with Gasteiger partial charge in [-0.2, -0.15) is 0 Å². The van der Waals surface area contributed by atoms with Gasteiger partial charge in [-0.1, -0.05) is 24.3 Å². The fourth-order valence-electron chi connectivity index (χ4n) is 2.67. The van der Waals surface area contributed by atoms with Crippen LogP contribution in [0.25, 0.3) is 0 Å². The summed E-state index contributed by atoms with van der Waals surface area (Å²) in [6.07, 6.45) is 0. The van der Waals surface area contributed by atoms with Crippen molar-refractivity contribution in [1.29, 1.82) is 0 Å².